The van der Waals surface area contributed by atoms with E-state index in [2.05, 4.69) is 48.9 Å². The predicted octanol–water partition coefficient (Wildman–Crippen LogP) is 3.52. The molecule has 1 aliphatic rings. The summed E-state index contributed by atoms with van der Waals surface area (Å²) in [6.07, 6.45) is 2.99. The Labute approximate surface area is 126 Å². The summed E-state index contributed by atoms with van der Waals surface area (Å²) in [5, 5.41) is 0. The van der Waals surface area contributed by atoms with Crippen LogP contribution in [-0.2, 0) is 18.4 Å². The Morgan fingerprint density at radius 3 is 2.62 bits per heavy atom. The maximum atomic E-state index is 6.06. The molecule has 1 aliphatic heterocycles. The molecule has 3 rings (SSSR count). The number of anilines is 2. The first-order chi connectivity index (χ1) is 9.95. The molecule has 0 saturated carbocycles. The molecule has 0 saturated heterocycles. The van der Waals surface area contributed by atoms with Gasteiger partial charge in [-0.3, -0.25) is 0 Å². The van der Waals surface area contributed by atoms with Crippen molar-refractivity contribution in [3.05, 3.63) is 53.2 Å². The van der Waals surface area contributed by atoms with Crippen molar-refractivity contribution in [1.29, 1.82) is 0 Å². The molecule has 3 heteroatoms. The highest BCUT2D eigenvalue weighted by Gasteiger charge is 2.20. The largest absolute Gasteiger partial charge is 0.398 e. The third-order valence-corrected chi connectivity index (χ3v) is 4.24. The van der Waals surface area contributed by atoms with Gasteiger partial charge in [0.25, 0.3) is 0 Å². The fraction of sp³-hybridized carbons (Fsp3) is 0.389. The average molecular weight is 281 g/mol. The Bertz CT molecular complexity index is 639. The minimum absolute atomic E-state index is 0.147. The van der Waals surface area contributed by atoms with E-state index in [0.29, 0.717) is 0 Å². The van der Waals surface area contributed by atoms with Crippen LogP contribution in [0.1, 0.15) is 37.5 Å². The molecular formula is C18H23N3. The van der Waals surface area contributed by atoms with Gasteiger partial charge >= 0.3 is 0 Å². The summed E-state index contributed by atoms with van der Waals surface area (Å²) in [5.41, 5.74) is 11.0. The molecule has 1 aromatic carbocycles. The van der Waals surface area contributed by atoms with E-state index < -0.39 is 0 Å². The molecule has 21 heavy (non-hydrogen) atoms. The number of hydrogen-bond donors (Lipinski definition) is 1. The number of pyridine rings is 1. The smallest absolute Gasteiger partial charge is 0.128 e. The Hall–Kier alpha value is -2.03. The lowest BCUT2D eigenvalue weighted by Gasteiger charge is -2.31. The Morgan fingerprint density at radius 2 is 1.95 bits per heavy atom. The van der Waals surface area contributed by atoms with Gasteiger partial charge in [-0.15, -0.1) is 0 Å². The Balaban J connectivity index is 1.83. The fourth-order valence-electron chi connectivity index (χ4n) is 2.85. The van der Waals surface area contributed by atoms with Gasteiger partial charge in [-0.05, 0) is 40.7 Å². The molecule has 0 unspecified atom stereocenters. The number of nitrogens with zero attached hydrogens (tertiary/aromatic N) is 2. The van der Waals surface area contributed by atoms with E-state index in [1.54, 1.807) is 0 Å². The van der Waals surface area contributed by atoms with E-state index in [0.717, 1.165) is 31.0 Å². The zero-order valence-corrected chi connectivity index (χ0v) is 13.1. The van der Waals surface area contributed by atoms with Crippen LogP contribution in [0.3, 0.4) is 0 Å². The SMILES string of the molecule is CC(C)(C)c1ccc(N2CCc3c(N)cccc3C2)nc1. The van der Waals surface area contributed by atoms with Gasteiger partial charge in [0.1, 0.15) is 5.82 Å². The van der Waals surface area contributed by atoms with Crippen molar-refractivity contribution in [2.45, 2.75) is 39.2 Å². The number of nitrogens with two attached hydrogens (primary N) is 1. The summed E-state index contributed by atoms with van der Waals surface area (Å²) in [7, 11) is 0. The molecule has 2 aromatic rings. The minimum Gasteiger partial charge on any atom is -0.398 e. The summed E-state index contributed by atoms with van der Waals surface area (Å²) in [5.74, 6) is 1.05. The van der Waals surface area contributed by atoms with Gasteiger partial charge in [0.15, 0.2) is 0 Å². The fourth-order valence-corrected chi connectivity index (χ4v) is 2.85. The zero-order valence-electron chi connectivity index (χ0n) is 13.1. The molecule has 0 atom stereocenters. The van der Waals surface area contributed by atoms with E-state index >= 15 is 0 Å². The van der Waals surface area contributed by atoms with Crippen LogP contribution < -0.4 is 10.6 Å². The highest BCUT2D eigenvalue weighted by atomic mass is 15.2. The van der Waals surface area contributed by atoms with Crippen LogP contribution in [0.15, 0.2) is 36.5 Å². The summed E-state index contributed by atoms with van der Waals surface area (Å²) < 4.78 is 0. The second-order valence-corrected chi connectivity index (χ2v) is 6.81. The van der Waals surface area contributed by atoms with Crippen LogP contribution in [0.2, 0.25) is 0 Å². The van der Waals surface area contributed by atoms with Crippen LogP contribution in [0.25, 0.3) is 0 Å². The van der Waals surface area contributed by atoms with Crippen LogP contribution in [-0.4, -0.2) is 11.5 Å². The molecule has 0 amide bonds. The lowest BCUT2D eigenvalue weighted by atomic mass is 9.88. The van der Waals surface area contributed by atoms with Gasteiger partial charge in [-0.25, -0.2) is 4.98 Å². The number of fused-ring (bicyclic) bond motifs is 1. The van der Waals surface area contributed by atoms with Crippen molar-refractivity contribution in [2.75, 3.05) is 17.2 Å². The topological polar surface area (TPSA) is 42.1 Å². The maximum absolute atomic E-state index is 6.06. The molecule has 1 aromatic heterocycles. The number of hydrogen-bond acceptors (Lipinski definition) is 3. The van der Waals surface area contributed by atoms with Crippen LogP contribution in [0.4, 0.5) is 11.5 Å². The molecule has 0 spiro atoms. The second kappa shape index (κ2) is 5.06. The molecule has 2 heterocycles. The van der Waals surface area contributed by atoms with E-state index in [4.69, 9.17) is 5.73 Å². The van der Waals surface area contributed by atoms with Gasteiger partial charge in [0.05, 0.1) is 0 Å². The van der Waals surface area contributed by atoms with Crippen molar-refractivity contribution in [3.63, 3.8) is 0 Å². The number of rotatable bonds is 1. The molecule has 0 radical (unpaired) electrons. The quantitative estimate of drug-likeness (QED) is 0.813. The summed E-state index contributed by atoms with van der Waals surface area (Å²) in [4.78, 5) is 6.99. The first-order valence-corrected chi connectivity index (χ1v) is 7.53. The van der Waals surface area contributed by atoms with Gasteiger partial charge in [-0.2, -0.15) is 0 Å². The molecule has 0 aliphatic carbocycles. The molecule has 3 nitrogen and oxygen atoms in total. The lowest BCUT2D eigenvalue weighted by molar-refractivity contribution is 0.587. The summed E-state index contributed by atoms with van der Waals surface area (Å²) >= 11 is 0. The number of aromatic nitrogens is 1. The average Bonchev–Trinajstić information content (AvgIpc) is 2.46. The van der Waals surface area contributed by atoms with Crippen molar-refractivity contribution >= 4 is 11.5 Å². The molecular weight excluding hydrogens is 258 g/mol. The molecule has 0 bridgehead atoms. The van der Waals surface area contributed by atoms with Crippen molar-refractivity contribution < 1.29 is 0 Å². The normalized spacial score (nSPS) is 14.9. The monoisotopic (exact) mass is 281 g/mol. The first-order valence-electron chi connectivity index (χ1n) is 7.53. The van der Waals surface area contributed by atoms with Crippen molar-refractivity contribution in [3.8, 4) is 0 Å². The lowest BCUT2D eigenvalue weighted by Crippen LogP contribution is -2.31. The van der Waals surface area contributed by atoms with Gasteiger partial charge in [-0.1, -0.05) is 39.0 Å². The van der Waals surface area contributed by atoms with Crippen LogP contribution in [0, 0.1) is 0 Å². The van der Waals surface area contributed by atoms with Crippen molar-refractivity contribution in [1.82, 2.24) is 4.98 Å². The molecule has 110 valence electrons. The maximum Gasteiger partial charge on any atom is 0.128 e. The Kier molecular flexibility index (Phi) is 3.36. The van der Waals surface area contributed by atoms with Gasteiger partial charge in [0.2, 0.25) is 0 Å². The summed E-state index contributed by atoms with van der Waals surface area (Å²) in [6.45, 7) is 8.50. The van der Waals surface area contributed by atoms with Crippen LogP contribution >= 0.6 is 0 Å². The zero-order chi connectivity index (χ0) is 15.0. The third kappa shape index (κ3) is 2.73. The van der Waals surface area contributed by atoms with E-state index in [1.807, 2.05) is 18.3 Å². The molecule has 2 N–H and O–H groups in total. The van der Waals surface area contributed by atoms with E-state index in [9.17, 15) is 0 Å². The van der Waals surface area contributed by atoms with E-state index in [1.165, 1.54) is 16.7 Å². The minimum atomic E-state index is 0.147. The van der Waals surface area contributed by atoms with Gasteiger partial charge < -0.3 is 10.6 Å². The summed E-state index contributed by atoms with van der Waals surface area (Å²) in [6, 6.07) is 10.5. The standard InChI is InChI=1S/C18H23N3/c1-18(2,3)14-7-8-17(20-11-14)21-10-9-15-13(12-21)5-4-6-16(15)19/h4-8,11H,9-10,12,19H2,1-3H3. The second-order valence-electron chi connectivity index (χ2n) is 6.81. The van der Waals surface area contributed by atoms with Gasteiger partial charge in [0, 0.05) is 25.0 Å². The third-order valence-electron chi connectivity index (χ3n) is 4.24. The molecule has 0 fully saturated rings. The number of nitrogen functional groups attached to an aromatic ring is 1. The highest BCUT2D eigenvalue weighted by molar-refractivity contribution is 5.55. The highest BCUT2D eigenvalue weighted by Crippen LogP contribution is 2.28. The van der Waals surface area contributed by atoms with Crippen molar-refractivity contribution in [2.24, 2.45) is 0 Å². The number of benzene rings is 1. The van der Waals surface area contributed by atoms with E-state index in [-0.39, 0.29) is 5.41 Å². The first kappa shape index (κ1) is 13.9. The predicted molar refractivity (Wildman–Crippen MR) is 88.5 cm³/mol. The van der Waals surface area contributed by atoms with Crippen LogP contribution in [0.5, 0.6) is 0 Å². The Morgan fingerprint density at radius 1 is 1.14 bits per heavy atom.